The zero-order valence-corrected chi connectivity index (χ0v) is 17.1. The lowest BCUT2D eigenvalue weighted by Crippen LogP contribution is -2.06. The van der Waals surface area contributed by atoms with E-state index in [2.05, 4.69) is 16.9 Å². The Morgan fingerprint density at radius 1 is 1.00 bits per heavy atom. The average molecular weight is 381 g/mol. The Labute approximate surface area is 168 Å². The zero-order valence-electron chi connectivity index (χ0n) is 17.1. The second-order valence-corrected chi connectivity index (χ2v) is 7.37. The molecule has 1 aromatic carbocycles. The first kappa shape index (κ1) is 21.8. The molecule has 0 bridgehead atoms. The van der Waals surface area contributed by atoms with E-state index >= 15 is 0 Å². The normalized spacial score (nSPS) is 12.7. The molecule has 1 atom stereocenters. The quantitative estimate of drug-likeness (QED) is 0.360. The lowest BCUT2D eigenvalue weighted by molar-refractivity contribution is -0.130. The van der Waals surface area contributed by atoms with Gasteiger partial charge >= 0.3 is 5.97 Å². The molecule has 0 amide bonds. The Morgan fingerprint density at radius 2 is 1.61 bits per heavy atom. The molecular formula is C24H32N2O2. The van der Waals surface area contributed by atoms with Crippen LogP contribution in [0.4, 0.5) is 0 Å². The van der Waals surface area contributed by atoms with Gasteiger partial charge in [0.05, 0.1) is 0 Å². The predicted molar refractivity (Wildman–Crippen MR) is 114 cm³/mol. The number of carboxylic acid groups (broad SMARTS) is 1. The fourth-order valence-corrected chi connectivity index (χ4v) is 3.25. The summed E-state index contributed by atoms with van der Waals surface area (Å²) in [6.45, 7) is 4.21. The van der Waals surface area contributed by atoms with Crippen molar-refractivity contribution in [1.29, 1.82) is 0 Å². The standard InChI is InChI=1S/C24H32N2O2/c1-3-4-5-6-7-8-10-13-20-17-25-23(26-18-20)22(24(27)28)16-19(2)21-14-11-9-12-15-21/h9,11-12,14-19H,3-8,10,13H2,1-2H3,(H,27,28)/b22-16+. The van der Waals surface area contributed by atoms with E-state index in [4.69, 9.17) is 0 Å². The van der Waals surface area contributed by atoms with Crippen LogP contribution in [0.5, 0.6) is 0 Å². The van der Waals surface area contributed by atoms with Gasteiger partial charge in [0, 0.05) is 18.3 Å². The first-order valence-corrected chi connectivity index (χ1v) is 10.4. The van der Waals surface area contributed by atoms with E-state index in [-0.39, 0.29) is 17.3 Å². The van der Waals surface area contributed by atoms with Crippen molar-refractivity contribution in [2.45, 2.75) is 71.1 Å². The molecule has 0 aliphatic carbocycles. The van der Waals surface area contributed by atoms with Crippen molar-refractivity contribution >= 4 is 11.5 Å². The highest BCUT2D eigenvalue weighted by Crippen LogP contribution is 2.21. The van der Waals surface area contributed by atoms with Crippen molar-refractivity contribution < 1.29 is 9.90 Å². The molecule has 0 radical (unpaired) electrons. The van der Waals surface area contributed by atoms with Gasteiger partial charge in [-0.3, -0.25) is 0 Å². The molecule has 0 fully saturated rings. The third-order valence-electron chi connectivity index (χ3n) is 4.99. The van der Waals surface area contributed by atoms with Crippen molar-refractivity contribution in [3.05, 3.63) is 65.8 Å². The molecule has 2 rings (SSSR count). The van der Waals surface area contributed by atoms with Gasteiger partial charge in [0.1, 0.15) is 5.57 Å². The van der Waals surface area contributed by atoms with Crippen molar-refractivity contribution in [3.63, 3.8) is 0 Å². The number of allylic oxidation sites excluding steroid dienone is 1. The summed E-state index contributed by atoms with van der Waals surface area (Å²) in [5.74, 6) is -0.746. The number of unbranched alkanes of at least 4 members (excludes halogenated alkanes) is 6. The molecule has 1 heterocycles. The largest absolute Gasteiger partial charge is 0.478 e. The Morgan fingerprint density at radius 3 is 2.21 bits per heavy atom. The molecule has 1 N–H and O–H groups in total. The van der Waals surface area contributed by atoms with Crippen LogP contribution >= 0.6 is 0 Å². The maximum Gasteiger partial charge on any atom is 0.339 e. The van der Waals surface area contributed by atoms with Crippen LogP contribution in [0.15, 0.2) is 48.8 Å². The molecule has 1 unspecified atom stereocenters. The fraction of sp³-hybridized carbons (Fsp3) is 0.458. The summed E-state index contributed by atoms with van der Waals surface area (Å²) < 4.78 is 0. The van der Waals surface area contributed by atoms with E-state index < -0.39 is 5.97 Å². The summed E-state index contributed by atoms with van der Waals surface area (Å²) in [6, 6.07) is 9.84. The maximum atomic E-state index is 11.7. The minimum atomic E-state index is -0.998. The molecule has 0 spiro atoms. The third-order valence-corrected chi connectivity index (χ3v) is 4.99. The number of aryl methyl sites for hydroxylation is 1. The van der Waals surface area contributed by atoms with Gasteiger partial charge in [0.25, 0.3) is 0 Å². The molecule has 0 saturated carbocycles. The molecule has 28 heavy (non-hydrogen) atoms. The lowest BCUT2D eigenvalue weighted by atomic mass is 9.98. The van der Waals surface area contributed by atoms with Gasteiger partial charge in [-0.15, -0.1) is 0 Å². The monoisotopic (exact) mass is 380 g/mol. The van der Waals surface area contributed by atoms with Crippen LogP contribution in [-0.4, -0.2) is 21.0 Å². The summed E-state index contributed by atoms with van der Waals surface area (Å²) in [6.07, 6.45) is 15.1. The summed E-state index contributed by atoms with van der Waals surface area (Å²) in [7, 11) is 0. The highest BCUT2D eigenvalue weighted by molar-refractivity contribution is 6.14. The van der Waals surface area contributed by atoms with Gasteiger partial charge < -0.3 is 5.11 Å². The van der Waals surface area contributed by atoms with Gasteiger partial charge in [-0.1, -0.05) is 88.8 Å². The number of carbonyl (C=O) groups is 1. The van der Waals surface area contributed by atoms with E-state index in [1.165, 1.54) is 38.5 Å². The predicted octanol–water partition coefficient (Wildman–Crippen LogP) is 6.04. The Balaban J connectivity index is 1.93. The summed E-state index contributed by atoms with van der Waals surface area (Å²) in [5, 5.41) is 9.61. The van der Waals surface area contributed by atoms with Crippen molar-refractivity contribution in [2.24, 2.45) is 0 Å². The smallest absolute Gasteiger partial charge is 0.339 e. The van der Waals surface area contributed by atoms with Gasteiger partial charge in [0.15, 0.2) is 5.82 Å². The van der Waals surface area contributed by atoms with Crippen molar-refractivity contribution in [3.8, 4) is 0 Å². The van der Waals surface area contributed by atoms with Crippen LogP contribution in [-0.2, 0) is 11.2 Å². The molecule has 0 aliphatic heterocycles. The van der Waals surface area contributed by atoms with Crippen LogP contribution in [0, 0.1) is 0 Å². The molecule has 4 nitrogen and oxygen atoms in total. The van der Waals surface area contributed by atoms with Crippen LogP contribution in [0.2, 0.25) is 0 Å². The molecule has 2 aromatic rings. The summed E-state index contributed by atoms with van der Waals surface area (Å²) >= 11 is 0. The van der Waals surface area contributed by atoms with Crippen LogP contribution in [0.1, 0.15) is 81.7 Å². The second-order valence-electron chi connectivity index (χ2n) is 7.37. The Hall–Kier alpha value is -2.49. The van der Waals surface area contributed by atoms with Gasteiger partial charge in [-0.25, -0.2) is 14.8 Å². The number of hydrogen-bond acceptors (Lipinski definition) is 3. The number of nitrogens with zero attached hydrogens (tertiary/aromatic N) is 2. The molecule has 4 heteroatoms. The minimum Gasteiger partial charge on any atom is -0.478 e. The SMILES string of the molecule is CCCCCCCCCc1cnc(/C(=C\C(C)c2ccccc2)C(=O)O)nc1. The Bertz CT molecular complexity index is 739. The second kappa shape index (κ2) is 12.1. The lowest BCUT2D eigenvalue weighted by Gasteiger charge is -2.09. The molecule has 150 valence electrons. The molecular weight excluding hydrogens is 348 g/mol. The molecule has 0 saturated heterocycles. The highest BCUT2D eigenvalue weighted by atomic mass is 16.4. The summed E-state index contributed by atoms with van der Waals surface area (Å²) in [4.78, 5) is 20.4. The molecule has 0 aliphatic rings. The van der Waals surface area contributed by atoms with E-state index in [9.17, 15) is 9.90 Å². The number of aliphatic carboxylic acids is 1. The van der Waals surface area contributed by atoms with E-state index in [1.54, 1.807) is 18.5 Å². The first-order valence-electron chi connectivity index (χ1n) is 10.4. The topological polar surface area (TPSA) is 63.1 Å². The zero-order chi connectivity index (χ0) is 20.2. The van der Waals surface area contributed by atoms with E-state index in [0.717, 1.165) is 24.0 Å². The maximum absolute atomic E-state index is 11.7. The van der Waals surface area contributed by atoms with E-state index in [1.807, 2.05) is 37.3 Å². The van der Waals surface area contributed by atoms with Crippen molar-refractivity contribution in [1.82, 2.24) is 9.97 Å². The third kappa shape index (κ3) is 7.26. The number of benzene rings is 1. The Kier molecular flexibility index (Phi) is 9.40. The number of carboxylic acids is 1. The average Bonchev–Trinajstić information content (AvgIpc) is 2.72. The van der Waals surface area contributed by atoms with Crippen LogP contribution < -0.4 is 0 Å². The van der Waals surface area contributed by atoms with E-state index in [0.29, 0.717) is 0 Å². The van der Waals surface area contributed by atoms with Crippen LogP contribution in [0.25, 0.3) is 5.57 Å². The van der Waals surface area contributed by atoms with Crippen LogP contribution in [0.3, 0.4) is 0 Å². The number of aromatic nitrogens is 2. The van der Waals surface area contributed by atoms with Gasteiger partial charge in [-0.05, 0) is 24.0 Å². The van der Waals surface area contributed by atoms with Gasteiger partial charge in [0.2, 0.25) is 0 Å². The molecule has 1 aromatic heterocycles. The number of rotatable bonds is 12. The van der Waals surface area contributed by atoms with Crippen molar-refractivity contribution in [2.75, 3.05) is 0 Å². The fourth-order valence-electron chi connectivity index (χ4n) is 3.25. The summed E-state index contributed by atoms with van der Waals surface area (Å²) in [5.41, 5.74) is 2.29. The number of hydrogen-bond donors (Lipinski definition) is 1. The minimum absolute atomic E-state index is 0.0247. The van der Waals surface area contributed by atoms with Gasteiger partial charge in [-0.2, -0.15) is 0 Å². The highest BCUT2D eigenvalue weighted by Gasteiger charge is 2.15. The first-order chi connectivity index (χ1) is 13.6.